The number of methoxy groups -OCH3 is 1. The summed E-state index contributed by atoms with van der Waals surface area (Å²) in [6.07, 6.45) is 0. The van der Waals surface area contributed by atoms with Crippen molar-refractivity contribution in [3.8, 4) is 5.88 Å². The molecule has 1 aromatic carbocycles. The van der Waals surface area contributed by atoms with Crippen LogP contribution in [0.1, 0.15) is 0 Å². The van der Waals surface area contributed by atoms with Crippen LogP contribution in [0.2, 0.25) is 0 Å². The number of ether oxygens (including phenoxy) is 1. The minimum absolute atomic E-state index is 0.271. The lowest BCUT2D eigenvalue weighted by Gasteiger charge is -2.10. The zero-order chi connectivity index (χ0) is 13.1. The molecule has 4 nitrogen and oxygen atoms in total. The maximum Gasteiger partial charge on any atom is 0.238 e. The number of hydrogen-bond donors (Lipinski definition) is 2. The van der Waals surface area contributed by atoms with Gasteiger partial charge in [-0.2, -0.15) is 4.98 Å². The molecule has 0 spiro atoms. The van der Waals surface area contributed by atoms with Gasteiger partial charge in [0.05, 0.1) is 18.5 Å². The molecular formula is C12H11FIN3O. The second-order valence-corrected chi connectivity index (χ2v) is 4.71. The minimum atomic E-state index is -0.271. The summed E-state index contributed by atoms with van der Waals surface area (Å²) >= 11 is 2.05. The lowest BCUT2D eigenvalue weighted by molar-refractivity contribution is 0.401. The van der Waals surface area contributed by atoms with Gasteiger partial charge in [-0.1, -0.05) is 0 Å². The molecule has 0 unspecified atom stereocenters. The Bertz CT molecular complexity index is 577. The fourth-order valence-corrected chi connectivity index (χ4v) is 2.03. The number of nitrogens with one attached hydrogen (secondary N) is 1. The number of pyridine rings is 1. The first-order valence-corrected chi connectivity index (χ1v) is 6.20. The number of halogens is 2. The Morgan fingerprint density at radius 3 is 2.78 bits per heavy atom. The number of aromatic nitrogens is 1. The SMILES string of the molecule is COc1nc(Nc2ccc(F)cc2I)ccc1N. The van der Waals surface area contributed by atoms with Crippen LogP contribution in [-0.4, -0.2) is 12.1 Å². The Morgan fingerprint density at radius 2 is 2.11 bits per heavy atom. The van der Waals surface area contributed by atoms with E-state index in [-0.39, 0.29) is 5.82 Å². The summed E-state index contributed by atoms with van der Waals surface area (Å²) in [6.45, 7) is 0. The second-order valence-electron chi connectivity index (χ2n) is 3.54. The molecule has 2 rings (SSSR count). The summed E-state index contributed by atoms with van der Waals surface area (Å²) in [4.78, 5) is 4.19. The number of nitrogens with two attached hydrogens (primary N) is 1. The Labute approximate surface area is 118 Å². The van der Waals surface area contributed by atoms with Gasteiger partial charge in [-0.05, 0) is 52.9 Å². The molecule has 6 heteroatoms. The third kappa shape index (κ3) is 2.81. The number of nitrogen functional groups attached to an aromatic ring is 1. The summed E-state index contributed by atoms with van der Waals surface area (Å²) < 4.78 is 18.8. The van der Waals surface area contributed by atoms with Gasteiger partial charge in [-0.15, -0.1) is 0 Å². The lowest BCUT2D eigenvalue weighted by Crippen LogP contribution is -2.00. The van der Waals surface area contributed by atoms with Crippen LogP contribution in [0.5, 0.6) is 5.88 Å². The van der Waals surface area contributed by atoms with Crippen molar-refractivity contribution in [2.24, 2.45) is 0 Å². The highest BCUT2D eigenvalue weighted by Crippen LogP contribution is 2.25. The first-order valence-electron chi connectivity index (χ1n) is 5.12. The van der Waals surface area contributed by atoms with Crippen LogP contribution in [0.15, 0.2) is 30.3 Å². The van der Waals surface area contributed by atoms with Crippen molar-refractivity contribution in [2.75, 3.05) is 18.2 Å². The maximum absolute atomic E-state index is 13.0. The van der Waals surface area contributed by atoms with Crippen LogP contribution in [0.3, 0.4) is 0 Å². The highest BCUT2D eigenvalue weighted by molar-refractivity contribution is 14.1. The topological polar surface area (TPSA) is 60.2 Å². The van der Waals surface area contributed by atoms with E-state index in [1.165, 1.54) is 19.2 Å². The molecule has 2 aromatic rings. The molecule has 3 N–H and O–H groups in total. The van der Waals surface area contributed by atoms with E-state index in [1.54, 1.807) is 18.2 Å². The van der Waals surface area contributed by atoms with Crippen molar-refractivity contribution < 1.29 is 9.13 Å². The van der Waals surface area contributed by atoms with Gasteiger partial charge in [0.1, 0.15) is 11.6 Å². The maximum atomic E-state index is 13.0. The number of benzene rings is 1. The molecule has 0 amide bonds. The van der Waals surface area contributed by atoms with Gasteiger partial charge >= 0.3 is 0 Å². The van der Waals surface area contributed by atoms with Crippen LogP contribution < -0.4 is 15.8 Å². The van der Waals surface area contributed by atoms with Gasteiger partial charge in [0.15, 0.2) is 0 Å². The third-order valence-electron chi connectivity index (χ3n) is 2.28. The summed E-state index contributed by atoms with van der Waals surface area (Å²) in [5.41, 5.74) is 6.92. The summed E-state index contributed by atoms with van der Waals surface area (Å²) in [5, 5.41) is 3.08. The van der Waals surface area contributed by atoms with Crippen molar-refractivity contribution in [2.45, 2.75) is 0 Å². The lowest BCUT2D eigenvalue weighted by atomic mass is 10.3. The van der Waals surface area contributed by atoms with E-state index in [4.69, 9.17) is 10.5 Å². The Kier molecular flexibility index (Phi) is 3.85. The molecule has 0 bridgehead atoms. The molecule has 0 aliphatic heterocycles. The molecule has 94 valence electrons. The average molecular weight is 359 g/mol. The first-order chi connectivity index (χ1) is 8.60. The largest absolute Gasteiger partial charge is 0.479 e. The number of hydrogen-bond acceptors (Lipinski definition) is 4. The van der Waals surface area contributed by atoms with Crippen LogP contribution in [0.25, 0.3) is 0 Å². The number of rotatable bonds is 3. The van der Waals surface area contributed by atoms with Crippen molar-refractivity contribution in [1.82, 2.24) is 4.98 Å². The van der Waals surface area contributed by atoms with Crippen LogP contribution in [0.4, 0.5) is 21.6 Å². The molecular weight excluding hydrogens is 348 g/mol. The zero-order valence-electron chi connectivity index (χ0n) is 9.58. The van der Waals surface area contributed by atoms with Crippen LogP contribution in [0, 0.1) is 9.39 Å². The first kappa shape index (κ1) is 12.9. The quantitative estimate of drug-likeness (QED) is 0.827. The van der Waals surface area contributed by atoms with E-state index >= 15 is 0 Å². The Hall–Kier alpha value is -1.57. The molecule has 1 aromatic heterocycles. The van der Waals surface area contributed by atoms with Gasteiger partial charge < -0.3 is 15.8 Å². The molecule has 0 atom stereocenters. The monoisotopic (exact) mass is 359 g/mol. The smallest absolute Gasteiger partial charge is 0.238 e. The predicted molar refractivity (Wildman–Crippen MR) is 77.6 cm³/mol. The molecule has 0 saturated heterocycles. The fraction of sp³-hybridized carbons (Fsp3) is 0.0833. The van der Waals surface area contributed by atoms with Crippen molar-refractivity contribution in [3.05, 3.63) is 39.7 Å². The van der Waals surface area contributed by atoms with Crippen molar-refractivity contribution >= 4 is 39.8 Å². The van der Waals surface area contributed by atoms with Gasteiger partial charge in [-0.25, -0.2) is 4.39 Å². The molecule has 0 fully saturated rings. The van der Waals surface area contributed by atoms with E-state index in [0.29, 0.717) is 17.4 Å². The highest BCUT2D eigenvalue weighted by Gasteiger charge is 2.06. The second kappa shape index (κ2) is 5.38. The van der Waals surface area contributed by atoms with Crippen LogP contribution in [-0.2, 0) is 0 Å². The molecule has 0 aliphatic carbocycles. The Morgan fingerprint density at radius 1 is 1.33 bits per heavy atom. The normalized spacial score (nSPS) is 10.2. The van der Waals surface area contributed by atoms with Gasteiger partial charge in [0, 0.05) is 3.57 Å². The molecule has 0 aliphatic rings. The summed E-state index contributed by atoms with van der Waals surface area (Å²) in [6, 6.07) is 7.92. The molecule has 0 saturated carbocycles. The van der Waals surface area contributed by atoms with Gasteiger partial charge in [-0.3, -0.25) is 0 Å². The van der Waals surface area contributed by atoms with E-state index < -0.39 is 0 Å². The van der Waals surface area contributed by atoms with Gasteiger partial charge in [0.25, 0.3) is 0 Å². The minimum Gasteiger partial charge on any atom is -0.479 e. The van der Waals surface area contributed by atoms with E-state index in [9.17, 15) is 4.39 Å². The highest BCUT2D eigenvalue weighted by atomic mass is 127. The third-order valence-corrected chi connectivity index (χ3v) is 3.17. The molecule has 18 heavy (non-hydrogen) atoms. The van der Waals surface area contributed by atoms with Crippen molar-refractivity contribution in [1.29, 1.82) is 0 Å². The Balaban J connectivity index is 2.28. The average Bonchev–Trinajstić information content (AvgIpc) is 2.35. The summed E-state index contributed by atoms with van der Waals surface area (Å²) in [5.74, 6) is 0.676. The standard InChI is InChI=1S/C12H11FIN3O/c1-18-12-9(15)3-5-11(17-12)16-10-4-2-7(13)6-8(10)14/h2-6H,15H2,1H3,(H,16,17). The van der Waals surface area contributed by atoms with E-state index in [2.05, 4.69) is 32.9 Å². The van der Waals surface area contributed by atoms with Gasteiger partial charge in [0.2, 0.25) is 5.88 Å². The predicted octanol–water partition coefficient (Wildman–Crippen LogP) is 3.16. The molecule has 1 heterocycles. The van der Waals surface area contributed by atoms with E-state index in [1.807, 2.05) is 0 Å². The fourth-order valence-electron chi connectivity index (χ4n) is 1.41. The molecule has 0 radical (unpaired) electrons. The number of nitrogens with zero attached hydrogens (tertiary/aromatic N) is 1. The summed E-state index contributed by atoms with van der Waals surface area (Å²) in [7, 11) is 1.50. The van der Waals surface area contributed by atoms with Crippen LogP contribution >= 0.6 is 22.6 Å². The number of anilines is 3. The van der Waals surface area contributed by atoms with E-state index in [0.717, 1.165) is 9.26 Å². The zero-order valence-corrected chi connectivity index (χ0v) is 11.7. The van der Waals surface area contributed by atoms with Crippen molar-refractivity contribution in [3.63, 3.8) is 0 Å².